The average Bonchev–Trinajstić information content (AvgIpc) is 2.77. The van der Waals surface area contributed by atoms with E-state index in [0.717, 1.165) is 6.07 Å². The molecule has 1 heterocycles. The summed E-state index contributed by atoms with van der Waals surface area (Å²) in [6, 6.07) is 12.9. The number of hydrogen-bond acceptors (Lipinski definition) is 6. The van der Waals surface area contributed by atoms with Gasteiger partial charge >= 0.3 is 21.6 Å². The SMILES string of the molecule is CN1c2ccccc2C(C(=O)Oc2cc(Cl)c(Cl)cc2Cl)c2c(OS(=O)(=O)C(F)(F)F)cccc21. The maximum absolute atomic E-state index is 13.5. The third-order valence-corrected chi connectivity index (χ3v) is 7.19. The number of anilines is 2. The van der Waals surface area contributed by atoms with Gasteiger partial charge in [0, 0.05) is 30.1 Å². The molecular formula is C22H13Cl3F3NO5S. The molecule has 0 saturated carbocycles. The molecule has 0 amide bonds. The van der Waals surface area contributed by atoms with Crippen LogP contribution >= 0.6 is 34.8 Å². The van der Waals surface area contributed by atoms with E-state index >= 15 is 0 Å². The number of nitrogens with zero attached hydrogens (tertiary/aromatic N) is 1. The lowest BCUT2D eigenvalue weighted by atomic mass is 9.84. The number of carbonyl (C=O) groups is 1. The van der Waals surface area contributed by atoms with E-state index in [1.165, 1.54) is 24.3 Å². The van der Waals surface area contributed by atoms with E-state index in [9.17, 15) is 26.4 Å². The highest BCUT2D eigenvalue weighted by Crippen LogP contribution is 2.50. The molecule has 0 fully saturated rings. The van der Waals surface area contributed by atoms with E-state index in [0.29, 0.717) is 11.3 Å². The third kappa shape index (κ3) is 4.63. The molecule has 184 valence electrons. The summed E-state index contributed by atoms with van der Waals surface area (Å²) >= 11 is 18.0. The molecule has 4 rings (SSSR count). The Hall–Kier alpha value is -2.66. The van der Waals surface area contributed by atoms with Crippen LogP contribution in [0.25, 0.3) is 0 Å². The lowest BCUT2D eigenvalue weighted by molar-refractivity contribution is -0.135. The molecule has 0 aliphatic carbocycles. The van der Waals surface area contributed by atoms with E-state index in [4.69, 9.17) is 39.5 Å². The second-order valence-electron chi connectivity index (χ2n) is 7.34. The standard InChI is InChI=1S/C22H13Cl3F3NO5S/c1-29-15-6-3-2-5-11(15)19(21(30)33-18-10-13(24)12(23)9-14(18)25)20-16(29)7-4-8-17(20)34-35(31,32)22(26,27)28/h2-10,19H,1H3. The van der Waals surface area contributed by atoms with Gasteiger partial charge in [0.25, 0.3) is 0 Å². The van der Waals surface area contributed by atoms with Crippen molar-refractivity contribution in [2.75, 3.05) is 11.9 Å². The topological polar surface area (TPSA) is 72.9 Å². The number of fused-ring (bicyclic) bond motifs is 2. The first kappa shape index (κ1) is 25.4. The molecule has 0 spiro atoms. The number of rotatable bonds is 4. The number of esters is 1. The fourth-order valence-corrected chi connectivity index (χ4v) is 4.72. The molecule has 6 nitrogen and oxygen atoms in total. The minimum absolute atomic E-state index is 0.0432. The van der Waals surface area contributed by atoms with Crippen LogP contribution in [-0.2, 0) is 14.9 Å². The van der Waals surface area contributed by atoms with Crippen molar-refractivity contribution in [1.82, 2.24) is 0 Å². The maximum Gasteiger partial charge on any atom is 0.534 e. The van der Waals surface area contributed by atoms with Crippen LogP contribution < -0.4 is 13.8 Å². The Morgan fingerprint density at radius 1 is 0.914 bits per heavy atom. The van der Waals surface area contributed by atoms with Gasteiger partial charge in [-0.2, -0.15) is 21.6 Å². The summed E-state index contributed by atoms with van der Waals surface area (Å²) in [6.45, 7) is 0. The lowest BCUT2D eigenvalue weighted by Crippen LogP contribution is -2.31. The Morgan fingerprint density at radius 3 is 2.23 bits per heavy atom. The molecule has 3 aromatic carbocycles. The zero-order chi connectivity index (χ0) is 25.7. The Kier molecular flexibility index (Phi) is 6.60. The summed E-state index contributed by atoms with van der Waals surface area (Å²) in [5.41, 5.74) is -4.71. The van der Waals surface area contributed by atoms with Gasteiger partial charge in [-0.05, 0) is 29.8 Å². The molecule has 13 heteroatoms. The molecule has 1 aliphatic heterocycles. The second kappa shape index (κ2) is 9.09. The van der Waals surface area contributed by atoms with Crippen molar-refractivity contribution in [3.05, 3.63) is 80.8 Å². The summed E-state index contributed by atoms with van der Waals surface area (Å²) in [5, 5.41) is 0.112. The molecule has 0 radical (unpaired) electrons. The lowest BCUT2D eigenvalue weighted by Gasteiger charge is -2.35. The van der Waals surface area contributed by atoms with E-state index in [1.807, 2.05) is 0 Å². The predicted octanol–water partition coefficient (Wildman–Crippen LogP) is 6.69. The zero-order valence-electron chi connectivity index (χ0n) is 17.4. The minimum atomic E-state index is -6.03. The van der Waals surface area contributed by atoms with Crippen LogP contribution in [0.15, 0.2) is 54.6 Å². The van der Waals surface area contributed by atoms with E-state index in [-0.39, 0.29) is 32.1 Å². The third-order valence-electron chi connectivity index (χ3n) is 5.21. The molecule has 0 N–H and O–H groups in total. The van der Waals surface area contributed by atoms with Gasteiger partial charge in [0.15, 0.2) is 5.75 Å². The summed E-state index contributed by atoms with van der Waals surface area (Å²) in [5.74, 6) is -3.16. The Morgan fingerprint density at radius 2 is 1.54 bits per heavy atom. The Bertz CT molecular complexity index is 1450. The van der Waals surface area contributed by atoms with Gasteiger partial charge in [0.05, 0.1) is 15.1 Å². The first-order chi connectivity index (χ1) is 16.3. The van der Waals surface area contributed by atoms with E-state index in [2.05, 4.69) is 4.18 Å². The van der Waals surface area contributed by atoms with Crippen LogP contribution in [0.5, 0.6) is 11.5 Å². The quantitative estimate of drug-likeness (QED) is 0.115. The molecule has 1 atom stereocenters. The van der Waals surface area contributed by atoms with Crippen molar-refractivity contribution in [3.63, 3.8) is 0 Å². The highest BCUT2D eigenvalue weighted by molar-refractivity contribution is 7.88. The second-order valence-corrected chi connectivity index (χ2v) is 10.1. The highest BCUT2D eigenvalue weighted by atomic mass is 35.5. The molecule has 1 unspecified atom stereocenters. The smallest absolute Gasteiger partial charge is 0.424 e. The number of para-hydroxylation sites is 1. The Balaban J connectivity index is 1.88. The van der Waals surface area contributed by atoms with Crippen molar-refractivity contribution >= 4 is 62.3 Å². The minimum Gasteiger partial charge on any atom is -0.424 e. The van der Waals surface area contributed by atoms with Crippen LogP contribution in [-0.4, -0.2) is 26.9 Å². The van der Waals surface area contributed by atoms with Crippen LogP contribution in [0.4, 0.5) is 24.5 Å². The number of alkyl halides is 3. The van der Waals surface area contributed by atoms with Gasteiger partial charge in [-0.15, -0.1) is 0 Å². The van der Waals surface area contributed by atoms with Gasteiger partial charge in [0.2, 0.25) is 0 Å². The van der Waals surface area contributed by atoms with Crippen molar-refractivity contribution in [1.29, 1.82) is 0 Å². The number of benzene rings is 3. The predicted molar refractivity (Wildman–Crippen MR) is 125 cm³/mol. The van der Waals surface area contributed by atoms with Crippen LogP contribution in [0, 0.1) is 0 Å². The molecule has 0 saturated heterocycles. The molecule has 3 aromatic rings. The molecule has 0 bridgehead atoms. The number of hydrogen-bond donors (Lipinski definition) is 0. The fourth-order valence-electron chi connectivity index (χ4n) is 3.67. The average molecular weight is 567 g/mol. The van der Waals surface area contributed by atoms with E-state index in [1.54, 1.807) is 36.2 Å². The van der Waals surface area contributed by atoms with Crippen LogP contribution in [0.2, 0.25) is 15.1 Å². The summed E-state index contributed by atoms with van der Waals surface area (Å²) in [6.07, 6.45) is 0. The zero-order valence-corrected chi connectivity index (χ0v) is 20.5. The summed E-state index contributed by atoms with van der Waals surface area (Å²) in [7, 11) is -4.42. The number of halogens is 6. The van der Waals surface area contributed by atoms with Crippen molar-refractivity contribution < 1.29 is 35.3 Å². The molecule has 35 heavy (non-hydrogen) atoms. The molecule has 0 aromatic heterocycles. The molecule has 1 aliphatic rings. The first-order valence-corrected chi connectivity index (χ1v) is 12.2. The van der Waals surface area contributed by atoms with Gasteiger partial charge < -0.3 is 13.8 Å². The first-order valence-electron chi connectivity index (χ1n) is 9.64. The van der Waals surface area contributed by atoms with Crippen LogP contribution in [0.3, 0.4) is 0 Å². The fraction of sp³-hybridized carbons (Fsp3) is 0.136. The maximum atomic E-state index is 13.5. The molecular weight excluding hydrogens is 554 g/mol. The largest absolute Gasteiger partial charge is 0.534 e. The van der Waals surface area contributed by atoms with Crippen molar-refractivity contribution in [2.24, 2.45) is 0 Å². The van der Waals surface area contributed by atoms with Gasteiger partial charge in [-0.3, -0.25) is 4.79 Å². The van der Waals surface area contributed by atoms with E-state index < -0.39 is 33.3 Å². The monoisotopic (exact) mass is 565 g/mol. The van der Waals surface area contributed by atoms with Gasteiger partial charge in [0.1, 0.15) is 11.7 Å². The number of carbonyl (C=O) groups excluding carboxylic acids is 1. The van der Waals surface area contributed by atoms with Crippen LogP contribution in [0.1, 0.15) is 17.0 Å². The van der Waals surface area contributed by atoms with Gasteiger partial charge in [-0.25, -0.2) is 0 Å². The van der Waals surface area contributed by atoms with Crippen molar-refractivity contribution in [3.8, 4) is 11.5 Å². The van der Waals surface area contributed by atoms with Gasteiger partial charge in [-0.1, -0.05) is 59.1 Å². The summed E-state index contributed by atoms with van der Waals surface area (Å²) < 4.78 is 72.7. The highest BCUT2D eigenvalue weighted by Gasteiger charge is 2.49. The Labute approximate surface area is 212 Å². The number of ether oxygens (including phenoxy) is 1. The normalized spacial score (nSPS) is 15.3. The van der Waals surface area contributed by atoms with Crippen molar-refractivity contribution in [2.45, 2.75) is 11.4 Å². The summed E-state index contributed by atoms with van der Waals surface area (Å²) in [4.78, 5) is 15.1.